The summed E-state index contributed by atoms with van der Waals surface area (Å²) in [5.74, 6) is -2.04. The second-order valence-corrected chi connectivity index (χ2v) is 4.19. The van der Waals surface area contributed by atoms with Gasteiger partial charge in [-0.15, -0.1) is 0 Å². The van der Waals surface area contributed by atoms with Crippen LogP contribution in [0.2, 0.25) is 0 Å². The minimum absolute atomic E-state index is 0. The smallest absolute Gasteiger partial charge is 0.251 e. The van der Waals surface area contributed by atoms with Gasteiger partial charge in [0.2, 0.25) is 0 Å². The Balaban J connectivity index is 0.000000416. The van der Waals surface area contributed by atoms with Gasteiger partial charge in [-0.2, -0.15) is 0 Å². The first-order valence-electron chi connectivity index (χ1n) is 5.23. The first-order valence-corrected chi connectivity index (χ1v) is 5.23. The Morgan fingerprint density at radius 1 is 1.42 bits per heavy atom. The van der Waals surface area contributed by atoms with Crippen molar-refractivity contribution in [3.05, 3.63) is 0 Å². The number of ether oxygens (including phenoxy) is 2. The van der Waals surface area contributed by atoms with Crippen LogP contribution in [0.4, 0.5) is 0 Å². The summed E-state index contributed by atoms with van der Waals surface area (Å²) in [6.45, 7) is 0.500. The van der Waals surface area contributed by atoms with Crippen molar-refractivity contribution in [1.82, 2.24) is 0 Å². The molecule has 6 unspecified atom stereocenters. The number of fused-ring (bicyclic) bond motifs is 5. The van der Waals surface area contributed by atoms with E-state index in [1.807, 2.05) is 0 Å². The van der Waals surface area contributed by atoms with E-state index in [0.717, 1.165) is 0 Å². The fourth-order valence-electron chi connectivity index (χ4n) is 2.83. The van der Waals surface area contributed by atoms with E-state index in [-0.39, 0.29) is 32.7 Å². The van der Waals surface area contributed by atoms with Gasteiger partial charge in [0.25, 0.3) is 5.91 Å². The number of aliphatic imine (C=N–C) groups is 1. The molecule has 0 saturated carbocycles. The van der Waals surface area contributed by atoms with Crippen molar-refractivity contribution in [3.63, 3.8) is 0 Å². The molecule has 2 fully saturated rings. The molecule has 1 radical (unpaired) electrons. The fraction of sp³-hybridized carbons (Fsp3) is 0.700. The maximum absolute atomic E-state index is 11.4. The van der Waals surface area contributed by atoms with Crippen molar-refractivity contribution < 1.29 is 67.1 Å². The summed E-state index contributed by atoms with van der Waals surface area (Å²) >= 11 is 0. The number of hydrogen-bond donors (Lipinski definition) is 2. The SMILES string of the molecule is COC1C(O)C2OC1C1C(=O)N=C([O-])C21.O=[C-]O.[Y]. The van der Waals surface area contributed by atoms with Gasteiger partial charge in [0.15, 0.2) is 0 Å². The largest absolute Gasteiger partial charge is 0.861 e. The summed E-state index contributed by atoms with van der Waals surface area (Å²) < 4.78 is 10.5. The van der Waals surface area contributed by atoms with E-state index in [2.05, 4.69) is 4.99 Å². The normalized spacial score (nSPS) is 41.8. The van der Waals surface area contributed by atoms with Gasteiger partial charge in [0.1, 0.15) is 12.2 Å². The third kappa shape index (κ3) is 2.47. The van der Waals surface area contributed by atoms with Crippen LogP contribution in [0.1, 0.15) is 0 Å². The summed E-state index contributed by atoms with van der Waals surface area (Å²) in [6.07, 6.45) is -2.53. The van der Waals surface area contributed by atoms with E-state index < -0.39 is 48.1 Å². The number of amides is 1. The predicted octanol–water partition coefficient (Wildman–Crippen LogP) is -2.72. The molecule has 0 aromatic carbocycles. The molecular formula is C10H11NO7Y-2. The molecule has 3 aliphatic heterocycles. The Hall–Kier alpha value is -0.406. The molecule has 0 aromatic rings. The first-order chi connectivity index (χ1) is 8.56. The molecule has 19 heavy (non-hydrogen) atoms. The molecule has 8 nitrogen and oxygen atoms in total. The monoisotopic (exact) mass is 346 g/mol. The van der Waals surface area contributed by atoms with Crippen molar-refractivity contribution in [2.45, 2.75) is 24.4 Å². The van der Waals surface area contributed by atoms with Gasteiger partial charge in [-0.3, -0.25) is 4.79 Å². The number of methoxy groups -OCH3 is 1. The third-order valence-electron chi connectivity index (χ3n) is 3.47. The van der Waals surface area contributed by atoms with E-state index >= 15 is 0 Å². The third-order valence-corrected chi connectivity index (χ3v) is 3.47. The molecule has 9 heteroatoms. The summed E-state index contributed by atoms with van der Waals surface area (Å²) in [6, 6.07) is 0. The molecule has 103 valence electrons. The molecular weight excluding hydrogens is 335 g/mol. The molecule has 2 N–H and O–H groups in total. The Kier molecular flexibility index (Phi) is 5.57. The second kappa shape index (κ2) is 6.36. The summed E-state index contributed by atoms with van der Waals surface area (Å²) in [4.78, 5) is 23.0. The predicted molar refractivity (Wildman–Crippen MR) is 53.2 cm³/mol. The van der Waals surface area contributed by atoms with Gasteiger partial charge in [0.05, 0.1) is 18.1 Å². The fourth-order valence-corrected chi connectivity index (χ4v) is 2.83. The molecule has 0 spiro atoms. The van der Waals surface area contributed by atoms with E-state index in [0.29, 0.717) is 6.47 Å². The van der Waals surface area contributed by atoms with E-state index in [9.17, 15) is 15.0 Å². The van der Waals surface area contributed by atoms with Gasteiger partial charge >= 0.3 is 0 Å². The van der Waals surface area contributed by atoms with Crippen molar-refractivity contribution in [2.24, 2.45) is 16.8 Å². The van der Waals surface area contributed by atoms with E-state index in [1.54, 1.807) is 0 Å². The van der Waals surface area contributed by atoms with Crippen LogP contribution in [0, 0.1) is 11.8 Å². The second-order valence-electron chi connectivity index (χ2n) is 4.19. The van der Waals surface area contributed by atoms with Crippen LogP contribution in [0.15, 0.2) is 4.99 Å². The number of rotatable bonds is 1. The molecule has 6 atom stereocenters. The summed E-state index contributed by atoms with van der Waals surface area (Å²) in [7, 11) is 1.45. The van der Waals surface area contributed by atoms with Gasteiger partial charge in [0, 0.05) is 45.7 Å². The van der Waals surface area contributed by atoms with Crippen LogP contribution >= 0.6 is 0 Å². The van der Waals surface area contributed by atoms with Crippen LogP contribution in [-0.4, -0.2) is 60.0 Å². The molecule has 3 aliphatic rings. The topological polar surface area (TPSA) is 128 Å². The molecule has 0 aliphatic carbocycles. The Bertz CT molecular complexity index is 401. The van der Waals surface area contributed by atoms with Crippen LogP contribution in [0.5, 0.6) is 0 Å². The Morgan fingerprint density at radius 3 is 2.53 bits per heavy atom. The number of nitrogens with zero attached hydrogens (tertiary/aromatic N) is 1. The average molecular weight is 346 g/mol. The van der Waals surface area contributed by atoms with Crippen molar-refractivity contribution in [2.75, 3.05) is 7.11 Å². The number of aliphatic hydroxyl groups excluding tert-OH is 2. The molecule has 3 rings (SSSR count). The summed E-state index contributed by atoms with van der Waals surface area (Å²) in [5, 5.41) is 27.9. The maximum Gasteiger partial charge on any atom is 0.251 e. The zero-order chi connectivity index (χ0) is 13.4. The Morgan fingerprint density at radius 2 is 2.00 bits per heavy atom. The molecule has 1 amide bonds. The standard InChI is InChI=1S/C9H11NO5.CHO2.Y/c1-14-7-4(11)5-2-3(6(7)15-5)9(13)10-8(2)12;2-1-3;/h2-7,11H,1H3,(H,10,12,13);(H,2,3);/q;-1;/p-1. The molecule has 2 bridgehead atoms. The van der Waals surface area contributed by atoms with Gasteiger partial charge < -0.3 is 29.6 Å². The molecule has 3 heterocycles. The van der Waals surface area contributed by atoms with Crippen LogP contribution in [0.3, 0.4) is 0 Å². The summed E-state index contributed by atoms with van der Waals surface area (Å²) in [5.41, 5.74) is 0. The van der Waals surface area contributed by atoms with Gasteiger partial charge in [-0.25, -0.2) is 4.99 Å². The number of carbonyl (C=O) groups excluding carboxylic acids is 1. The average Bonchev–Trinajstić information content (AvgIpc) is 2.92. The number of carbonyl (C=O) groups is 1. The van der Waals surface area contributed by atoms with Crippen molar-refractivity contribution in [1.29, 1.82) is 0 Å². The molecule has 0 aromatic heterocycles. The minimum atomic E-state index is -0.841. The maximum atomic E-state index is 11.4. The van der Waals surface area contributed by atoms with Crippen LogP contribution < -0.4 is 5.11 Å². The number of hydrogen-bond acceptors (Lipinski definition) is 6. The van der Waals surface area contributed by atoms with E-state index in [1.165, 1.54) is 7.11 Å². The zero-order valence-corrected chi connectivity index (χ0v) is 12.8. The molecule has 2 saturated heterocycles. The number of aliphatic hydroxyl groups is 1. The van der Waals surface area contributed by atoms with Crippen molar-refractivity contribution >= 4 is 18.3 Å². The minimum Gasteiger partial charge on any atom is -0.861 e. The Labute approximate surface area is 133 Å². The zero-order valence-electron chi connectivity index (χ0n) is 9.92. The van der Waals surface area contributed by atoms with Gasteiger partial charge in [-0.1, -0.05) is 6.47 Å². The van der Waals surface area contributed by atoms with Crippen LogP contribution in [-0.2, 0) is 51.8 Å². The quantitative estimate of drug-likeness (QED) is 0.494. The van der Waals surface area contributed by atoms with Crippen LogP contribution in [0.25, 0.3) is 0 Å². The van der Waals surface area contributed by atoms with Crippen molar-refractivity contribution in [3.8, 4) is 0 Å². The first kappa shape index (κ1) is 16.6. The van der Waals surface area contributed by atoms with Gasteiger partial charge in [-0.05, 0) is 5.90 Å². The van der Waals surface area contributed by atoms with E-state index in [4.69, 9.17) is 19.4 Å².